The lowest BCUT2D eigenvalue weighted by Crippen LogP contribution is -2.37. The van der Waals surface area contributed by atoms with Crippen molar-refractivity contribution in [2.75, 3.05) is 11.5 Å². The summed E-state index contributed by atoms with van der Waals surface area (Å²) >= 11 is 1.38. The Kier molecular flexibility index (Phi) is 5.65. The third-order valence-electron chi connectivity index (χ3n) is 4.98. The van der Waals surface area contributed by atoms with E-state index in [4.69, 9.17) is 4.74 Å². The van der Waals surface area contributed by atoms with Gasteiger partial charge in [0.2, 0.25) is 0 Å². The highest BCUT2D eigenvalue weighted by Gasteiger charge is 2.48. The van der Waals surface area contributed by atoms with Crippen LogP contribution in [0.25, 0.3) is 0 Å². The summed E-state index contributed by atoms with van der Waals surface area (Å²) in [4.78, 5) is 19.0. The lowest BCUT2D eigenvalue weighted by Gasteiger charge is -2.24. The molecular formula is C21H22N2O4S2. The highest BCUT2D eigenvalue weighted by atomic mass is 32.2. The van der Waals surface area contributed by atoms with Gasteiger partial charge in [-0.2, -0.15) is 4.99 Å². The molecule has 0 radical (unpaired) electrons. The number of sulfone groups is 1. The van der Waals surface area contributed by atoms with Crippen LogP contribution in [-0.4, -0.2) is 53.3 Å². The first-order valence-corrected chi connectivity index (χ1v) is 12.1. The van der Waals surface area contributed by atoms with Gasteiger partial charge in [-0.1, -0.05) is 60.3 Å². The number of para-hydroxylation sites is 1. The molecule has 4 rings (SSSR count). The Morgan fingerprint density at radius 1 is 1.14 bits per heavy atom. The topological polar surface area (TPSA) is 76.0 Å². The molecule has 29 heavy (non-hydrogen) atoms. The maximum Gasteiger partial charge on any atom is 0.288 e. The first-order valence-electron chi connectivity index (χ1n) is 9.43. The second kappa shape index (κ2) is 8.20. The predicted molar refractivity (Wildman–Crippen MR) is 115 cm³/mol. The van der Waals surface area contributed by atoms with Crippen LogP contribution in [0, 0.1) is 0 Å². The number of fused-ring (bicyclic) bond motifs is 1. The van der Waals surface area contributed by atoms with Crippen molar-refractivity contribution in [1.82, 2.24) is 4.90 Å². The average Bonchev–Trinajstić information content (AvgIpc) is 3.15. The molecule has 2 saturated heterocycles. The molecule has 0 N–H and O–H groups in total. The van der Waals surface area contributed by atoms with Crippen LogP contribution in [0.5, 0.6) is 5.75 Å². The number of thioether (sulfide) groups is 1. The van der Waals surface area contributed by atoms with Gasteiger partial charge >= 0.3 is 0 Å². The minimum absolute atomic E-state index is 0.0967. The Morgan fingerprint density at radius 3 is 2.48 bits per heavy atom. The van der Waals surface area contributed by atoms with Crippen LogP contribution in [0.2, 0.25) is 0 Å². The maximum absolute atomic E-state index is 12.7. The van der Waals surface area contributed by atoms with Gasteiger partial charge in [-0.15, -0.1) is 0 Å². The molecule has 2 fully saturated rings. The number of ether oxygens (including phenoxy) is 1. The molecule has 0 saturated carbocycles. The molecule has 3 atom stereocenters. The summed E-state index contributed by atoms with van der Waals surface area (Å²) in [6.07, 6.45) is -0.728. The van der Waals surface area contributed by atoms with Gasteiger partial charge in [0, 0.05) is 11.8 Å². The van der Waals surface area contributed by atoms with E-state index in [0.29, 0.717) is 17.5 Å². The zero-order valence-electron chi connectivity index (χ0n) is 16.0. The quantitative estimate of drug-likeness (QED) is 0.726. The van der Waals surface area contributed by atoms with Crippen molar-refractivity contribution in [3.05, 3.63) is 66.2 Å². The normalized spacial score (nSPS) is 25.0. The van der Waals surface area contributed by atoms with Crippen LogP contribution in [0.4, 0.5) is 0 Å². The fraction of sp³-hybridized carbons (Fsp3) is 0.333. The number of amidine groups is 1. The summed E-state index contributed by atoms with van der Waals surface area (Å²) in [5.74, 6) is 0.450. The number of amides is 1. The Bertz CT molecular complexity index is 1010. The van der Waals surface area contributed by atoms with E-state index in [1.54, 1.807) is 19.1 Å². The number of benzene rings is 2. The summed E-state index contributed by atoms with van der Waals surface area (Å²) in [5.41, 5.74) is 1.05. The molecule has 0 bridgehead atoms. The SMILES string of the molecule is C[C@@H](Oc1ccccc1)C(=O)N=C1S[C@@H]2CS(=O)(=O)C[C@@H]2N1Cc1ccccc1. The highest BCUT2D eigenvalue weighted by Crippen LogP contribution is 2.39. The third-order valence-corrected chi connectivity index (χ3v) is 8.23. The molecule has 2 aliphatic heterocycles. The van der Waals surface area contributed by atoms with Crippen LogP contribution in [0.1, 0.15) is 12.5 Å². The maximum atomic E-state index is 12.7. The van der Waals surface area contributed by atoms with Crippen molar-refractivity contribution in [3.8, 4) is 5.75 Å². The first kappa shape index (κ1) is 20.0. The molecule has 2 aromatic carbocycles. The van der Waals surface area contributed by atoms with Crippen molar-refractivity contribution in [2.24, 2.45) is 4.99 Å². The molecule has 2 aliphatic rings. The van der Waals surface area contributed by atoms with Crippen molar-refractivity contribution < 1.29 is 17.9 Å². The molecule has 1 amide bonds. The Balaban J connectivity index is 1.54. The van der Waals surface area contributed by atoms with Gasteiger partial charge in [-0.25, -0.2) is 8.42 Å². The van der Waals surface area contributed by atoms with Crippen LogP contribution in [0.3, 0.4) is 0 Å². The molecule has 8 heteroatoms. The average molecular weight is 431 g/mol. The molecule has 0 aromatic heterocycles. The van der Waals surface area contributed by atoms with Gasteiger partial charge < -0.3 is 9.64 Å². The number of hydrogen-bond acceptors (Lipinski definition) is 5. The van der Waals surface area contributed by atoms with E-state index < -0.39 is 15.9 Å². The van der Waals surface area contributed by atoms with Gasteiger partial charge in [0.15, 0.2) is 21.1 Å². The smallest absolute Gasteiger partial charge is 0.288 e. The zero-order valence-corrected chi connectivity index (χ0v) is 17.6. The summed E-state index contributed by atoms with van der Waals surface area (Å²) in [5, 5.41) is 0.480. The predicted octanol–water partition coefficient (Wildman–Crippen LogP) is 2.75. The number of carbonyl (C=O) groups excluding carboxylic acids is 1. The van der Waals surface area contributed by atoms with E-state index in [9.17, 15) is 13.2 Å². The molecule has 0 spiro atoms. The van der Waals surface area contributed by atoms with E-state index in [2.05, 4.69) is 4.99 Å². The molecule has 0 aliphatic carbocycles. The number of nitrogens with zero attached hydrogens (tertiary/aromatic N) is 2. The Morgan fingerprint density at radius 2 is 1.79 bits per heavy atom. The van der Waals surface area contributed by atoms with Crippen LogP contribution in [0.15, 0.2) is 65.7 Å². The minimum atomic E-state index is -3.07. The van der Waals surface area contributed by atoms with Crippen LogP contribution < -0.4 is 4.74 Å². The molecule has 2 aromatic rings. The molecule has 6 nitrogen and oxygen atoms in total. The Hall–Kier alpha value is -2.32. The summed E-state index contributed by atoms with van der Waals surface area (Å²) in [6.45, 7) is 2.19. The van der Waals surface area contributed by atoms with Gasteiger partial charge in [0.05, 0.1) is 17.5 Å². The van der Waals surface area contributed by atoms with Gasteiger partial charge in [0.1, 0.15) is 5.75 Å². The van der Waals surface area contributed by atoms with Crippen molar-refractivity contribution >= 4 is 32.7 Å². The van der Waals surface area contributed by atoms with E-state index in [1.807, 2.05) is 53.4 Å². The monoisotopic (exact) mass is 430 g/mol. The van der Waals surface area contributed by atoms with E-state index in [1.165, 1.54) is 11.8 Å². The molecule has 152 valence electrons. The molecular weight excluding hydrogens is 408 g/mol. The number of carbonyl (C=O) groups is 1. The van der Waals surface area contributed by atoms with Crippen LogP contribution in [-0.2, 0) is 21.2 Å². The zero-order chi connectivity index (χ0) is 20.4. The standard InChI is InChI=1S/C21H22N2O4S2/c1-15(27-17-10-6-3-7-11-17)20(24)22-21-23(12-16-8-4-2-5-9-16)18-13-29(25,26)14-19(18)28-21/h2-11,15,18-19H,12-14H2,1H3/t15-,18+,19-/m1/s1. The second-order valence-electron chi connectivity index (χ2n) is 7.22. The van der Waals surface area contributed by atoms with E-state index in [0.717, 1.165) is 5.56 Å². The summed E-state index contributed by atoms with van der Waals surface area (Å²) in [7, 11) is -3.07. The van der Waals surface area contributed by atoms with Crippen molar-refractivity contribution in [2.45, 2.75) is 30.9 Å². The minimum Gasteiger partial charge on any atom is -0.481 e. The number of rotatable bonds is 5. The van der Waals surface area contributed by atoms with Crippen LogP contribution >= 0.6 is 11.8 Å². The summed E-state index contributed by atoms with van der Waals surface area (Å²) in [6, 6.07) is 18.8. The summed E-state index contributed by atoms with van der Waals surface area (Å²) < 4.78 is 29.9. The second-order valence-corrected chi connectivity index (χ2v) is 10.6. The number of aliphatic imine (C=N–C) groups is 1. The van der Waals surface area contributed by atoms with E-state index >= 15 is 0 Å². The van der Waals surface area contributed by atoms with Gasteiger partial charge in [-0.3, -0.25) is 4.79 Å². The Labute approximate surface area is 174 Å². The fourth-order valence-corrected chi connectivity index (χ4v) is 7.50. The lowest BCUT2D eigenvalue weighted by molar-refractivity contribution is -0.123. The highest BCUT2D eigenvalue weighted by molar-refractivity contribution is 8.15. The third kappa shape index (κ3) is 4.64. The van der Waals surface area contributed by atoms with Gasteiger partial charge in [0.25, 0.3) is 5.91 Å². The van der Waals surface area contributed by atoms with Crippen molar-refractivity contribution in [3.63, 3.8) is 0 Å². The largest absolute Gasteiger partial charge is 0.481 e. The lowest BCUT2D eigenvalue weighted by atomic mass is 10.1. The van der Waals surface area contributed by atoms with Gasteiger partial charge in [-0.05, 0) is 24.6 Å². The fourth-order valence-electron chi connectivity index (χ4n) is 3.54. The molecule has 0 unspecified atom stereocenters. The number of hydrogen-bond donors (Lipinski definition) is 0. The molecule has 2 heterocycles. The van der Waals surface area contributed by atoms with Crippen molar-refractivity contribution in [1.29, 1.82) is 0 Å². The first-order chi connectivity index (χ1) is 13.9. The van der Waals surface area contributed by atoms with E-state index in [-0.39, 0.29) is 28.7 Å².